The van der Waals surface area contributed by atoms with Crippen molar-refractivity contribution in [3.63, 3.8) is 0 Å². The lowest BCUT2D eigenvalue weighted by Crippen LogP contribution is -2.26. The Bertz CT molecular complexity index is 514. The van der Waals surface area contributed by atoms with Crippen LogP contribution >= 0.6 is 11.6 Å². The summed E-state index contributed by atoms with van der Waals surface area (Å²) in [7, 11) is 0. The number of halogens is 1. The van der Waals surface area contributed by atoms with Crippen LogP contribution in [0.3, 0.4) is 0 Å². The van der Waals surface area contributed by atoms with Crippen molar-refractivity contribution in [2.45, 2.75) is 6.92 Å². The number of hydrogen-bond acceptors (Lipinski definition) is 3. The maximum Gasteiger partial charge on any atom is 0.337 e. The van der Waals surface area contributed by atoms with Gasteiger partial charge < -0.3 is 15.5 Å². The summed E-state index contributed by atoms with van der Waals surface area (Å²) in [4.78, 5) is 32.8. The van der Waals surface area contributed by atoms with E-state index in [1.165, 1.54) is 19.1 Å². The van der Waals surface area contributed by atoms with Crippen molar-refractivity contribution in [1.82, 2.24) is 0 Å². The van der Waals surface area contributed by atoms with Crippen LogP contribution in [0.4, 0.5) is 5.69 Å². The number of anilines is 1. The van der Waals surface area contributed by atoms with Gasteiger partial charge in [-0.25, -0.2) is 4.79 Å². The van der Waals surface area contributed by atoms with Gasteiger partial charge in [-0.15, -0.1) is 0 Å². The lowest BCUT2D eigenvalue weighted by molar-refractivity contribution is -0.144. The highest BCUT2D eigenvalue weighted by Crippen LogP contribution is 2.21. The zero-order chi connectivity index (χ0) is 13.9. The van der Waals surface area contributed by atoms with E-state index in [9.17, 15) is 14.4 Å². The number of benzene rings is 1. The van der Waals surface area contributed by atoms with E-state index in [4.69, 9.17) is 21.8 Å². The maximum absolute atomic E-state index is 11.4. The van der Waals surface area contributed by atoms with Gasteiger partial charge in [-0.05, 0) is 25.1 Å². The third kappa shape index (κ3) is 3.21. The molecule has 6 nitrogen and oxygen atoms in total. The van der Waals surface area contributed by atoms with E-state index in [2.05, 4.69) is 5.32 Å². The van der Waals surface area contributed by atoms with Crippen molar-refractivity contribution in [3.05, 3.63) is 28.8 Å². The Morgan fingerprint density at radius 1 is 1.28 bits per heavy atom. The van der Waals surface area contributed by atoms with Gasteiger partial charge in [-0.1, -0.05) is 11.6 Å². The topological polar surface area (TPSA) is 104 Å². The summed E-state index contributed by atoms with van der Waals surface area (Å²) < 4.78 is 0. The lowest BCUT2D eigenvalue weighted by atomic mass is 10.1. The number of carbonyl (C=O) groups excluding carboxylic acids is 1. The minimum absolute atomic E-state index is 0.0341. The van der Waals surface area contributed by atoms with Crippen molar-refractivity contribution in [1.29, 1.82) is 0 Å². The predicted octanol–water partition coefficient (Wildman–Crippen LogP) is 1.70. The quantitative estimate of drug-likeness (QED) is 0.723. The molecule has 0 aromatic heterocycles. The molecule has 1 rings (SSSR count). The highest BCUT2D eigenvalue weighted by atomic mass is 35.5. The largest absolute Gasteiger partial charge is 0.481 e. The monoisotopic (exact) mass is 271 g/mol. The van der Waals surface area contributed by atoms with Gasteiger partial charge >= 0.3 is 11.9 Å². The molecule has 1 aromatic rings. The molecule has 1 atom stereocenters. The molecular weight excluding hydrogens is 262 g/mol. The average molecular weight is 272 g/mol. The molecule has 7 heteroatoms. The molecule has 18 heavy (non-hydrogen) atoms. The lowest BCUT2D eigenvalue weighted by Gasteiger charge is -2.09. The minimum Gasteiger partial charge on any atom is -0.481 e. The normalized spacial score (nSPS) is 11.7. The number of hydrogen-bond donors (Lipinski definition) is 3. The summed E-state index contributed by atoms with van der Waals surface area (Å²) in [6.07, 6.45) is 0. The van der Waals surface area contributed by atoms with Crippen LogP contribution in [0.2, 0.25) is 5.02 Å². The van der Waals surface area contributed by atoms with Gasteiger partial charge in [0.25, 0.3) is 0 Å². The van der Waals surface area contributed by atoms with Crippen LogP contribution in [-0.4, -0.2) is 28.1 Å². The van der Waals surface area contributed by atoms with Crippen LogP contribution in [0.25, 0.3) is 0 Å². The molecule has 3 N–H and O–H groups in total. The number of amides is 1. The Morgan fingerprint density at radius 3 is 2.39 bits per heavy atom. The second-order valence-electron chi connectivity index (χ2n) is 3.55. The maximum atomic E-state index is 11.4. The molecule has 0 spiro atoms. The minimum atomic E-state index is -1.26. The molecule has 96 valence electrons. The van der Waals surface area contributed by atoms with Crippen LogP contribution in [0.1, 0.15) is 17.3 Å². The standard InChI is InChI=1S/C11H10ClNO5/c1-5(10(15)16)9(14)13-6-2-3-8(12)7(4-6)11(17)18/h2-5H,1H3,(H,13,14)(H,15,16)(H,17,18). The molecule has 0 fully saturated rings. The molecule has 0 saturated heterocycles. The van der Waals surface area contributed by atoms with Crippen LogP contribution in [0.15, 0.2) is 18.2 Å². The second-order valence-corrected chi connectivity index (χ2v) is 3.96. The summed E-state index contributed by atoms with van der Waals surface area (Å²) in [5.74, 6) is -4.46. The Kier molecular flexibility index (Phi) is 4.28. The zero-order valence-electron chi connectivity index (χ0n) is 9.31. The summed E-state index contributed by atoms with van der Waals surface area (Å²) in [6.45, 7) is 1.23. The van der Waals surface area contributed by atoms with Gasteiger partial charge in [0.2, 0.25) is 5.91 Å². The predicted molar refractivity (Wildman–Crippen MR) is 63.8 cm³/mol. The number of aliphatic carboxylic acids is 1. The SMILES string of the molecule is CC(C(=O)O)C(=O)Nc1ccc(Cl)c(C(=O)O)c1. The van der Waals surface area contributed by atoms with Crippen LogP contribution in [0.5, 0.6) is 0 Å². The van der Waals surface area contributed by atoms with E-state index < -0.39 is 23.8 Å². The highest BCUT2D eigenvalue weighted by Gasteiger charge is 2.21. The van der Waals surface area contributed by atoms with E-state index in [1.54, 1.807) is 0 Å². The first-order valence-electron chi connectivity index (χ1n) is 4.89. The first kappa shape index (κ1) is 14.0. The molecule has 0 bridgehead atoms. The fourth-order valence-corrected chi connectivity index (χ4v) is 1.33. The summed E-state index contributed by atoms with van der Waals surface area (Å²) in [5, 5.41) is 19.8. The van der Waals surface area contributed by atoms with Gasteiger partial charge in [-0.2, -0.15) is 0 Å². The average Bonchev–Trinajstić information content (AvgIpc) is 2.29. The van der Waals surface area contributed by atoms with Crippen LogP contribution in [-0.2, 0) is 9.59 Å². The van der Waals surface area contributed by atoms with E-state index in [0.717, 1.165) is 6.07 Å². The first-order chi connectivity index (χ1) is 8.32. The van der Waals surface area contributed by atoms with Crippen molar-refractivity contribution in [2.24, 2.45) is 5.92 Å². The number of carboxylic acids is 2. The molecule has 1 aromatic carbocycles. The van der Waals surface area contributed by atoms with Crippen LogP contribution in [0, 0.1) is 5.92 Å². The van der Waals surface area contributed by atoms with Crippen molar-refractivity contribution in [2.75, 3.05) is 5.32 Å². The molecule has 0 saturated carbocycles. The Hall–Kier alpha value is -2.08. The third-order valence-electron chi connectivity index (χ3n) is 2.23. The zero-order valence-corrected chi connectivity index (χ0v) is 10.1. The molecule has 0 aliphatic rings. The number of rotatable bonds is 4. The number of carbonyl (C=O) groups is 3. The van der Waals surface area contributed by atoms with Crippen molar-refractivity contribution in [3.8, 4) is 0 Å². The van der Waals surface area contributed by atoms with E-state index in [1.807, 2.05) is 0 Å². The summed E-state index contributed by atoms with van der Waals surface area (Å²) in [6, 6.07) is 3.87. The smallest absolute Gasteiger partial charge is 0.337 e. The number of carboxylic acid groups (broad SMARTS) is 2. The summed E-state index contributed by atoms with van der Waals surface area (Å²) in [5.41, 5.74) is 0.00680. The Labute approximate surface area is 107 Å². The van der Waals surface area contributed by atoms with Gasteiger partial charge in [0.15, 0.2) is 0 Å². The fourth-order valence-electron chi connectivity index (χ4n) is 1.13. The fraction of sp³-hybridized carbons (Fsp3) is 0.182. The first-order valence-corrected chi connectivity index (χ1v) is 5.27. The molecule has 0 aliphatic carbocycles. The van der Waals surface area contributed by atoms with E-state index >= 15 is 0 Å². The molecule has 0 aliphatic heterocycles. The molecule has 0 radical (unpaired) electrons. The van der Waals surface area contributed by atoms with Crippen LogP contribution < -0.4 is 5.32 Å². The molecule has 0 heterocycles. The summed E-state index contributed by atoms with van der Waals surface area (Å²) >= 11 is 5.65. The highest BCUT2D eigenvalue weighted by molar-refractivity contribution is 6.33. The molecular formula is C11H10ClNO5. The molecule has 1 amide bonds. The van der Waals surface area contributed by atoms with Gasteiger partial charge in [0.1, 0.15) is 5.92 Å². The van der Waals surface area contributed by atoms with Gasteiger partial charge in [-0.3, -0.25) is 9.59 Å². The van der Waals surface area contributed by atoms with Crippen molar-refractivity contribution < 1.29 is 24.6 Å². The van der Waals surface area contributed by atoms with E-state index in [-0.39, 0.29) is 16.3 Å². The molecule has 1 unspecified atom stereocenters. The second kappa shape index (κ2) is 5.50. The number of nitrogens with one attached hydrogen (secondary N) is 1. The Morgan fingerprint density at radius 2 is 1.89 bits per heavy atom. The van der Waals surface area contributed by atoms with Crippen molar-refractivity contribution >= 4 is 35.1 Å². The van der Waals surface area contributed by atoms with E-state index in [0.29, 0.717) is 0 Å². The van der Waals surface area contributed by atoms with Gasteiger partial charge in [0.05, 0.1) is 10.6 Å². The number of aromatic carboxylic acids is 1. The third-order valence-corrected chi connectivity index (χ3v) is 2.56. The van der Waals surface area contributed by atoms with Gasteiger partial charge in [0, 0.05) is 5.69 Å². The Balaban J connectivity index is 2.93.